The van der Waals surface area contributed by atoms with Crippen LogP contribution in [0.25, 0.3) is 16.6 Å². The van der Waals surface area contributed by atoms with Crippen LogP contribution in [0, 0.1) is 6.92 Å². The molecule has 0 N–H and O–H groups in total. The third-order valence-corrected chi connectivity index (χ3v) is 4.05. The molecule has 0 bridgehead atoms. The lowest BCUT2D eigenvalue weighted by atomic mass is 10.2. The standard InChI is InChI=1S/C22H22N2O5/c1-14-23-18-8-6-5-7-17(18)20(26)24(14)16-11-9-15(10-12-16)21(27)28-13-19(25)29-22(2,3)4/h5-12H,13H2,1-4H3. The molecule has 0 saturated carbocycles. The van der Waals surface area contributed by atoms with Crippen molar-refractivity contribution in [1.82, 2.24) is 9.55 Å². The second kappa shape index (κ2) is 7.87. The lowest BCUT2D eigenvalue weighted by Gasteiger charge is -2.19. The number of carbonyl (C=O) groups is 2. The summed E-state index contributed by atoms with van der Waals surface area (Å²) < 4.78 is 11.6. The Kier molecular flexibility index (Phi) is 5.50. The van der Waals surface area contributed by atoms with Gasteiger partial charge in [0.25, 0.3) is 5.56 Å². The molecule has 3 aromatic rings. The minimum atomic E-state index is -0.650. The molecule has 0 aliphatic rings. The zero-order valence-electron chi connectivity index (χ0n) is 16.8. The molecule has 29 heavy (non-hydrogen) atoms. The Morgan fingerprint density at radius 3 is 2.34 bits per heavy atom. The van der Waals surface area contributed by atoms with Crippen LogP contribution in [-0.2, 0) is 14.3 Å². The first-order valence-electron chi connectivity index (χ1n) is 9.13. The van der Waals surface area contributed by atoms with Crippen LogP contribution >= 0.6 is 0 Å². The van der Waals surface area contributed by atoms with Gasteiger partial charge in [0.15, 0.2) is 6.61 Å². The highest BCUT2D eigenvalue weighted by molar-refractivity contribution is 5.91. The minimum absolute atomic E-state index is 0.187. The van der Waals surface area contributed by atoms with Gasteiger partial charge in [0.05, 0.1) is 22.2 Å². The van der Waals surface area contributed by atoms with Crippen molar-refractivity contribution < 1.29 is 19.1 Å². The van der Waals surface area contributed by atoms with Crippen LogP contribution in [0.2, 0.25) is 0 Å². The summed E-state index contributed by atoms with van der Waals surface area (Å²) in [6, 6.07) is 13.5. The van der Waals surface area contributed by atoms with E-state index in [0.29, 0.717) is 22.4 Å². The Morgan fingerprint density at radius 2 is 1.69 bits per heavy atom. The van der Waals surface area contributed by atoms with Crippen LogP contribution < -0.4 is 5.56 Å². The molecule has 0 aliphatic heterocycles. The molecule has 0 radical (unpaired) electrons. The third-order valence-electron chi connectivity index (χ3n) is 4.05. The van der Waals surface area contributed by atoms with E-state index in [1.165, 1.54) is 16.7 Å². The average Bonchev–Trinajstić information content (AvgIpc) is 2.65. The van der Waals surface area contributed by atoms with Crippen molar-refractivity contribution >= 4 is 22.8 Å². The molecule has 1 heterocycles. The van der Waals surface area contributed by atoms with Gasteiger partial charge >= 0.3 is 11.9 Å². The number of carbonyl (C=O) groups excluding carboxylic acids is 2. The molecule has 0 spiro atoms. The summed E-state index contributed by atoms with van der Waals surface area (Å²) in [5.74, 6) is -0.732. The number of fused-ring (bicyclic) bond motifs is 1. The van der Waals surface area contributed by atoms with Gasteiger partial charge in [0, 0.05) is 0 Å². The summed E-state index contributed by atoms with van der Waals surface area (Å²) in [7, 11) is 0. The number of nitrogens with zero attached hydrogens (tertiary/aromatic N) is 2. The first-order valence-corrected chi connectivity index (χ1v) is 9.13. The molecule has 0 saturated heterocycles. The number of aryl methyl sites for hydroxylation is 1. The molecule has 0 fully saturated rings. The van der Waals surface area contributed by atoms with Gasteiger partial charge in [-0.1, -0.05) is 12.1 Å². The van der Waals surface area contributed by atoms with Gasteiger partial charge in [0.1, 0.15) is 11.4 Å². The summed E-state index contributed by atoms with van der Waals surface area (Å²) in [5, 5.41) is 0.513. The first-order chi connectivity index (χ1) is 13.7. The molecule has 0 aliphatic carbocycles. The quantitative estimate of drug-likeness (QED) is 0.632. The van der Waals surface area contributed by atoms with Crippen LogP contribution in [0.4, 0.5) is 0 Å². The Hall–Kier alpha value is -3.48. The zero-order valence-corrected chi connectivity index (χ0v) is 16.8. The maximum absolute atomic E-state index is 12.8. The van der Waals surface area contributed by atoms with Gasteiger partial charge in [-0.05, 0) is 64.1 Å². The van der Waals surface area contributed by atoms with Crippen LogP contribution in [-0.4, -0.2) is 33.7 Å². The molecule has 150 valence electrons. The van der Waals surface area contributed by atoms with Crippen molar-refractivity contribution in [3.63, 3.8) is 0 Å². The van der Waals surface area contributed by atoms with Gasteiger partial charge in [-0.2, -0.15) is 0 Å². The third kappa shape index (κ3) is 4.68. The van der Waals surface area contributed by atoms with E-state index in [0.717, 1.165) is 0 Å². The van der Waals surface area contributed by atoms with Crippen molar-refractivity contribution in [1.29, 1.82) is 0 Å². The molecule has 1 aromatic heterocycles. The second-order valence-electron chi connectivity index (χ2n) is 7.53. The number of para-hydroxylation sites is 1. The molecular weight excluding hydrogens is 372 g/mol. The molecule has 3 rings (SSSR count). The smallest absolute Gasteiger partial charge is 0.344 e. The maximum Gasteiger partial charge on any atom is 0.344 e. The summed E-state index contributed by atoms with van der Waals surface area (Å²) >= 11 is 0. The number of rotatable bonds is 4. The molecular formula is C22H22N2O5. The van der Waals surface area contributed by atoms with E-state index < -0.39 is 24.1 Å². The van der Waals surface area contributed by atoms with E-state index >= 15 is 0 Å². The predicted octanol–water partition coefficient (Wildman–Crippen LogP) is 3.19. The first kappa shape index (κ1) is 20.3. The minimum Gasteiger partial charge on any atom is -0.457 e. The summed E-state index contributed by atoms with van der Waals surface area (Å²) in [6.07, 6.45) is 0. The predicted molar refractivity (Wildman–Crippen MR) is 108 cm³/mol. The zero-order chi connectivity index (χ0) is 21.2. The summed E-state index contributed by atoms with van der Waals surface area (Å²) in [4.78, 5) is 41.1. The van der Waals surface area contributed by atoms with Crippen LogP contribution in [0.1, 0.15) is 37.0 Å². The van der Waals surface area contributed by atoms with Crippen molar-refractivity contribution in [2.45, 2.75) is 33.3 Å². The van der Waals surface area contributed by atoms with Crippen LogP contribution in [0.3, 0.4) is 0 Å². The molecule has 0 amide bonds. The fraction of sp³-hybridized carbons (Fsp3) is 0.273. The van der Waals surface area contributed by atoms with E-state index in [9.17, 15) is 14.4 Å². The fourth-order valence-corrected chi connectivity index (χ4v) is 2.87. The van der Waals surface area contributed by atoms with E-state index in [2.05, 4.69) is 4.98 Å². The highest BCUT2D eigenvalue weighted by atomic mass is 16.6. The normalized spacial score (nSPS) is 11.3. The lowest BCUT2D eigenvalue weighted by Crippen LogP contribution is -2.27. The topological polar surface area (TPSA) is 87.5 Å². The van der Waals surface area contributed by atoms with Crippen molar-refractivity contribution in [2.75, 3.05) is 6.61 Å². The monoisotopic (exact) mass is 394 g/mol. The Labute approximate surface area is 167 Å². The van der Waals surface area contributed by atoms with Crippen molar-refractivity contribution in [2.24, 2.45) is 0 Å². The van der Waals surface area contributed by atoms with Crippen molar-refractivity contribution in [3.05, 3.63) is 70.3 Å². The molecule has 0 unspecified atom stereocenters. The van der Waals surface area contributed by atoms with Gasteiger partial charge in [-0.15, -0.1) is 0 Å². The van der Waals surface area contributed by atoms with Crippen molar-refractivity contribution in [3.8, 4) is 5.69 Å². The second-order valence-corrected chi connectivity index (χ2v) is 7.53. The number of hydrogen-bond donors (Lipinski definition) is 0. The Morgan fingerprint density at radius 1 is 1.03 bits per heavy atom. The van der Waals surface area contributed by atoms with Crippen LogP contribution in [0.15, 0.2) is 53.3 Å². The lowest BCUT2D eigenvalue weighted by molar-refractivity contribution is -0.158. The highest BCUT2D eigenvalue weighted by Gasteiger charge is 2.18. The molecule has 7 nitrogen and oxygen atoms in total. The number of ether oxygens (including phenoxy) is 2. The number of hydrogen-bond acceptors (Lipinski definition) is 6. The van der Waals surface area contributed by atoms with Gasteiger partial charge in [-0.3, -0.25) is 9.36 Å². The number of esters is 2. The fourth-order valence-electron chi connectivity index (χ4n) is 2.87. The molecule has 7 heteroatoms. The average molecular weight is 394 g/mol. The largest absolute Gasteiger partial charge is 0.457 e. The van der Waals surface area contributed by atoms with Gasteiger partial charge in [-0.25, -0.2) is 14.6 Å². The Balaban J connectivity index is 1.79. The van der Waals surface area contributed by atoms with E-state index in [-0.39, 0.29) is 11.1 Å². The maximum atomic E-state index is 12.8. The van der Waals surface area contributed by atoms with E-state index in [1.54, 1.807) is 58.0 Å². The number of aromatic nitrogens is 2. The Bertz CT molecular complexity index is 1120. The summed E-state index contributed by atoms with van der Waals surface area (Å²) in [5.41, 5.74) is 0.637. The summed E-state index contributed by atoms with van der Waals surface area (Å²) in [6.45, 7) is 6.48. The van der Waals surface area contributed by atoms with Crippen LogP contribution in [0.5, 0.6) is 0 Å². The number of benzene rings is 2. The van der Waals surface area contributed by atoms with E-state index in [1.807, 2.05) is 6.07 Å². The van der Waals surface area contributed by atoms with Gasteiger partial charge in [0.2, 0.25) is 0 Å². The molecule has 0 atom stereocenters. The SMILES string of the molecule is Cc1nc2ccccc2c(=O)n1-c1ccc(C(=O)OCC(=O)OC(C)(C)C)cc1. The highest BCUT2D eigenvalue weighted by Crippen LogP contribution is 2.14. The van der Waals surface area contributed by atoms with E-state index in [4.69, 9.17) is 9.47 Å². The molecule has 2 aromatic carbocycles. The van der Waals surface area contributed by atoms with Gasteiger partial charge < -0.3 is 9.47 Å².